The van der Waals surface area contributed by atoms with Gasteiger partial charge in [-0.2, -0.15) is 0 Å². The zero-order chi connectivity index (χ0) is 7.28. The van der Waals surface area contributed by atoms with Crippen molar-refractivity contribution < 1.29 is 0 Å². The van der Waals surface area contributed by atoms with Crippen molar-refractivity contribution in [3.05, 3.63) is 16.1 Å². The Labute approximate surface area is 60.8 Å². The minimum absolute atomic E-state index is 1.15. The lowest BCUT2D eigenvalue weighted by Crippen LogP contribution is -1.57. The van der Waals surface area contributed by atoms with Crippen molar-refractivity contribution in [3.63, 3.8) is 0 Å². The van der Waals surface area contributed by atoms with E-state index >= 15 is 0 Å². The number of thiazole rings is 1. The Morgan fingerprint density at radius 1 is 1.33 bits per heavy atom. The Balaban J connectivity index is 0.000000291. The van der Waals surface area contributed by atoms with Gasteiger partial charge >= 0.3 is 0 Å². The minimum atomic E-state index is 1.15. The smallest absolute Gasteiger partial charge is 0.0896 e. The quantitative estimate of drug-likeness (QED) is 0.544. The molecule has 0 radical (unpaired) electrons. The predicted octanol–water partition coefficient (Wildman–Crippen LogP) is 2.79. The van der Waals surface area contributed by atoms with Gasteiger partial charge in [0.05, 0.1) is 5.01 Å². The summed E-state index contributed by atoms with van der Waals surface area (Å²) >= 11 is 1.73. The average molecular weight is 143 g/mol. The molecule has 0 bridgehead atoms. The van der Waals surface area contributed by atoms with Crippen molar-refractivity contribution in [2.75, 3.05) is 0 Å². The van der Waals surface area contributed by atoms with Crippen LogP contribution in [0, 0.1) is 13.8 Å². The lowest BCUT2D eigenvalue weighted by Gasteiger charge is -1.68. The topological polar surface area (TPSA) is 12.9 Å². The maximum Gasteiger partial charge on any atom is 0.0896 e. The Morgan fingerprint density at radius 2 is 1.89 bits per heavy atom. The van der Waals surface area contributed by atoms with Gasteiger partial charge in [0.25, 0.3) is 0 Å². The van der Waals surface area contributed by atoms with Gasteiger partial charge in [0, 0.05) is 11.1 Å². The third-order valence-corrected chi connectivity index (χ3v) is 1.57. The molecule has 0 aliphatic heterocycles. The SMILES string of the molecule is CC.Cc1cnc(C)s1. The highest BCUT2D eigenvalue weighted by Crippen LogP contribution is 2.07. The normalized spacial score (nSPS) is 8.00. The van der Waals surface area contributed by atoms with Crippen LogP contribution >= 0.6 is 11.3 Å². The Bertz CT molecular complexity index is 141. The Hall–Kier alpha value is -0.370. The fourth-order valence-electron chi connectivity index (χ4n) is 0.467. The molecule has 2 heteroatoms. The molecule has 0 spiro atoms. The third kappa shape index (κ3) is 3.25. The van der Waals surface area contributed by atoms with Gasteiger partial charge in [-0.3, -0.25) is 0 Å². The number of aryl methyl sites for hydroxylation is 2. The van der Waals surface area contributed by atoms with Gasteiger partial charge in [-0.05, 0) is 13.8 Å². The number of hydrogen-bond donors (Lipinski definition) is 0. The van der Waals surface area contributed by atoms with Crippen molar-refractivity contribution in [3.8, 4) is 0 Å². The zero-order valence-corrected chi connectivity index (χ0v) is 7.25. The van der Waals surface area contributed by atoms with Crippen molar-refractivity contribution in [2.24, 2.45) is 0 Å². The Kier molecular flexibility index (Phi) is 4.32. The predicted molar refractivity (Wildman–Crippen MR) is 42.9 cm³/mol. The highest BCUT2D eigenvalue weighted by molar-refractivity contribution is 7.11. The van der Waals surface area contributed by atoms with Crippen LogP contribution in [0.15, 0.2) is 6.20 Å². The molecule has 52 valence electrons. The number of nitrogens with zero attached hydrogens (tertiary/aromatic N) is 1. The largest absolute Gasteiger partial charge is 0.250 e. The summed E-state index contributed by atoms with van der Waals surface area (Å²) in [4.78, 5) is 5.32. The lowest BCUT2D eigenvalue weighted by atomic mass is 10.6. The van der Waals surface area contributed by atoms with E-state index < -0.39 is 0 Å². The second kappa shape index (κ2) is 4.50. The van der Waals surface area contributed by atoms with Gasteiger partial charge in [0.1, 0.15) is 0 Å². The summed E-state index contributed by atoms with van der Waals surface area (Å²) in [5.74, 6) is 0. The highest BCUT2D eigenvalue weighted by Gasteiger charge is 1.86. The molecule has 1 aromatic rings. The lowest BCUT2D eigenvalue weighted by molar-refractivity contribution is 1.28. The maximum absolute atomic E-state index is 4.03. The molecule has 1 aromatic heterocycles. The highest BCUT2D eigenvalue weighted by atomic mass is 32.1. The molecule has 0 saturated carbocycles. The van der Waals surface area contributed by atoms with E-state index in [1.54, 1.807) is 11.3 Å². The first-order chi connectivity index (χ1) is 4.29. The van der Waals surface area contributed by atoms with E-state index in [0.717, 1.165) is 5.01 Å². The summed E-state index contributed by atoms with van der Waals surface area (Å²) in [6.45, 7) is 8.07. The van der Waals surface area contributed by atoms with Crippen molar-refractivity contribution in [1.29, 1.82) is 0 Å². The molecule has 1 heterocycles. The van der Waals surface area contributed by atoms with Crippen LogP contribution in [-0.4, -0.2) is 4.98 Å². The molecule has 1 rings (SSSR count). The molecule has 0 aromatic carbocycles. The van der Waals surface area contributed by atoms with Crippen LogP contribution in [0.25, 0.3) is 0 Å². The van der Waals surface area contributed by atoms with Crippen molar-refractivity contribution in [1.82, 2.24) is 4.98 Å². The molecule has 0 saturated heterocycles. The Morgan fingerprint density at radius 3 is 2.00 bits per heavy atom. The summed E-state index contributed by atoms with van der Waals surface area (Å²) in [7, 11) is 0. The van der Waals surface area contributed by atoms with Crippen LogP contribution in [0.3, 0.4) is 0 Å². The monoisotopic (exact) mass is 143 g/mol. The molecular formula is C7H13NS. The second-order valence-corrected chi connectivity index (χ2v) is 2.93. The molecule has 0 atom stereocenters. The first kappa shape index (κ1) is 8.63. The van der Waals surface area contributed by atoms with Gasteiger partial charge in [-0.25, -0.2) is 4.98 Å². The summed E-state index contributed by atoms with van der Waals surface area (Å²) in [6, 6.07) is 0. The van der Waals surface area contributed by atoms with E-state index in [9.17, 15) is 0 Å². The summed E-state index contributed by atoms with van der Waals surface area (Å²) in [5, 5.41) is 1.15. The molecule has 0 aliphatic rings. The zero-order valence-electron chi connectivity index (χ0n) is 6.43. The van der Waals surface area contributed by atoms with E-state index in [4.69, 9.17) is 0 Å². The van der Waals surface area contributed by atoms with Crippen LogP contribution in [-0.2, 0) is 0 Å². The molecule has 0 aliphatic carbocycles. The summed E-state index contributed by atoms with van der Waals surface area (Å²) in [6.07, 6.45) is 1.89. The first-order valence-electron chi connectivity index (χ1n) is 3.18. The van der Waals surface area contributed by atoms with Gasteiger partial charge < -0.3 is 0 Å². The van der Waals surface area contributed by atoms with Gasteiger partial charge in [-0.1, -0.05) is 13.8 Å². The number of hydrogen-bond acceptors (Lipinski definition) is 2. The third-order valence-electron chi connectivity index (χ3n) is 0.737. The molecule has 0 unspecified atom stereocenters. The van der Waals surface area contributed by atoms with E-state index in [1.165, 1.54) is 4.88 Å². The molecule has 1 nitrogen and oxygen atoms in total. The molecule has 0 amide bonds. The van der Waals surface area contributed by atoms with Crippen LogP contribution in [0.1, 0.15) is 23.7 Å². The summed E-state index contributed by atoms with van der Waals surface area (Å²) < 4.78 is 0. The van der Waals surface area contributed by atoms with E-state index in [0.29, 0.717) is 0 Å². The van der Waals surface area contributed by atoms with E-state index in [1.807, 2.05) is 27.0 Å². The van der Waals surface area contributed by atoms with E-state index in [-0.39, 0.29) is 0 Å². The van der Waals surface area contributed by atoms with E-state index in [2.05, 4.69) is 11.9 Å². The fourth-order valence-corrected chi connectivity index (χ4v) is 1.14. The number of aromatic nitrogens is 1. The molecule has 0 fully saturated rings. The molecule has 9 heavy (non-hydrogen) atoms. The standard InChI is InChI=1S/C5H7NS.C2H6/c1-4-3-6-5(2)7-4;1-2/h3H,1-2H3;1-2H3. The van der Waals surface area contributed by atoms with Crippen molar-refractivity contribution >= 4 is 11.3 Å². The summed E-state index contributed by atoms with van der Waals surface area (Å²) in [5.41, 5.74) is 0. The van der Waals surface area contributed by atoms with Crippen LogP contribution in [0.5, 0.6) is 0 Å². The second-order valence-electron chi connectivity index (χ2n) is 1.49. The van der Waals surface area contributed by atoms with Crippen LogP contribution in [0.2, 0.25) is 0 Å². The van der Waals surface area contributed by atoms with Gasteiger partial charge in [0.2, 0.25) is 0 Å². The minimum Gasteiger partial charge on any atom is -0.250 e. The van der Waals surface area contributed by atoms with Gasteiger partial charge in [-0.15, -0.1) is 11.3 Å². The average Bonchev–Trinajstić information content (AvgIpc) is 2.20. The van der Waals surface area contributed by atoms with Crippen LogP contribution < -0.4 is 0 Å². The fraction of sp³-hybridized carbons (Fsp3) is 0.571. The first-order valence-corrected chi connectivity index (χ1v) is 4.00. The molecular weight excluding hydrogens is 130 g/mol. The van der Waals surface area contributed by atoms with Crippen molar-refractivity contribution in [2.45, 2.75) is 27.7 Å². The maximum atomic E-state index is 4.03. The number of rotatable bonds is 0. The van der Waals surface area contributed by atoms with Gasteiger partial charge in [0.15, 0.2) is 0 Å². The van der Waals surface area contributed by atoms with Crippen LogP contribution in [0.4, 0.5) is 0 Å². The molecule has 0 N–H and O–H groups in total.